The summed E-state index contributed by atoms with van der Waals surface area (Å²) in [6.45, 7) is 10.3. The van der Waals surface area contributed by atoms with Gasteiger partial charge in [-0.2, -0.15) is 0 Å². The van der Waals surface area contributed by atoms with Gasteiger partial charge in [0.15, 0.2) is 6.10 Å². The Balaban J connectivity index is 0. The summed E-state index contributed by atoms with van der Waals surface area (Å²) >= 11 is 0. The number of amides is 2. The van der Waals surface area contributed by atoms with E-state index in [0.29, 0.717) is 0 Å². The molecule has 0 aliphatic rings. The molecule has 0 rings (SSSR count). The topological polar surface area (TPSA) is 116 Å². The third-order valence-corrected chi connectivity index (χ3v) is 2.18. The molecular weight excluding hydrogens is 264 g/mol. The van der Waals surface area contributed by atoms with Gasteiger partial charge < -0.3 is 20.8 Å². The molecular formula is C13H24N2O5. The standard InChI is InChI=1S/C11H18N2O5.C2H6/c1-4-8(15)13-11(2,3)10(18)12-6-5-7(14)9(16)17;1-2/h4,7,14H,1,5-6H2,2-3H3,(H,12,18)(H,13,15)(H,16,17);1-2H3. The maximum atomic E-state index is 11.7. The number of aliphatic hydroxyl groups excluding tert-OH is 1. The van der Waals surface area contributed by atoms with E-state index >= 15 is 0 Å². The first-order valence-electron chi connectivity index (χ1n) is 6.34. The number of carbonyl (C=O) groups is 3. The minimum atomic E-state index is -1.52. The highest BCUT2D eigenvalue weighted by Gasteiger charge is 2.28. The van der Waals surface area contributed by atoms with Gasteiger partial charge in [-0.3, -0.25) is 9.59 Å². The molecule has 0 aromatic heterocycles. The summed E-state index contributed by atoms with van der Waals surface area (Å²) in [5.74, 6) is -2.31. The molecule has 1 atom stereocenters. The minimum Gasteiger partial charge on any atom is -0.479 e. The third-order valence-electron chi connectivity index (χ3n) is 2.18. The first kappa shape index (κ1) is 20.4. The predicted molar refractivity (Wildman–Crippen MR) is 75.0 cm³/mol. The van der Waals surface area contributed by atoms with Crippen molar-refractivity contribution < 1.29 is 24.6 Å². The van der Waals surface area contributed by atoms with Crippen LogP contribution < -0.4 is 10.6 Å². The summed E-state index contributed by atoms with van der Waals surface area (Å²) in [4.78, 5) is 33.1. The van der Waals surface area contributed by atoms with Crippen LogP contribution in [-0.2, 0) is 14.4 Å². The van der Waals surface area contributed by atoms with Crippen molar-refractivity contribution in [1.82, 2.24) is 10.6 Å². The van der Waals surface area contributed by atoms with Crippen molar-refractivity contribution in [3.8, 4) is 0 Å². The Morgan fingerprint density at radius 2 is 1.80 bits per heavy atom. The molecule has 0 heterocycles. The van der Waals surface area contributed by atoms with Gasteiger partial charge >= 0.3 is 5.97 Å². The number of nitrogens with one attached hydrogen (secondary N) is 2. The first-order chi connectivity index (χ1) is 9.20. The molecule has 0 aliphatic heterocycles. The van der Waals surface area contributed by atoms with E-state index in [1.165, 1.54) is 13.8 Å². The summed E-state index contributed by atoms with van der Waals surface area (Å²) in [5, 5.41) is 22.3. The van der Waals surface area contributed by atoms with Crippen molar-refractivity contribution in [3.05, 3.63) is 12.7 Å². The van der Waals surface area contributed by atoms with E-state index in [1.807, 2.05) is 13.8 Å². The van der Waals surface area contributed by atoms with E-state index in [1.54, 1.807) is 0 Å². The smallest absolute Gasteiger partial charge is 0.332 e. The molecule has 0 radical (unpaired) electrons. The number of aliphatic hydroxyl groups is 1. The SMILES string of the molecule is C=CC(=O)NC(C)(C)C(=O)NCCC(O)C(=O)O.CC. The van der Waals surface area contributed by atoms with Crippen molar-refractivity contribution in [2.75, 3.05) is 6.54 Å². The molecule has 0 bridgehead atoms. The Morgan fingerprint density at radius 1 is 1.30 bits per heavy atom. The molecule has 0 aromatic rings. The Morgan fingerprint density at radius 3 is 2.20 bits per heavy atom. The molecule has 2 amide bonds. The Labute approximate surface area is 119 Å². The number of hydrogen-bond donors (Lipinski definition) is 4. The summed E-state index contributed by atoms with van der Waals surface area (Å²) in [5.41, 5.74) is -1.14. The van der Waals surface area contributed by atoms with Crippen LogP contribution in [0, 0.1) is 0 Å². The maximum absolute atomic E-state index is 11.7. The lowest BCUT2D eigenvalue weighted by atomic mass is 10.0. The van der Waals surface area contributed by atoms with Crippen molar-refractivity contribution >= 4 is 17.8 Å². The molecule has 20 heavy (non-hydrogen) atoms. The molecule has 0 spiro atoms. The van der Waals surface area contributed by atoms with Crippen LogP contribution in [0.5, 0.6) is 0 Å². The van der Waals surface area contributed by atoms with Crippen LogP contribution in [0.15, 0.2) is 12.7 Å². The largest absolute Gasteiger partial charge is 0.479 e. The maximum Gasteiger partial charge on any atom is 0.332 e. The van der Waals surface area contributed by atoms with Gasteiger partial charge in [0, 0.05) is 13.0 Å². The second-order valence-electron chi connectivity index (χ2n) is 4.22. The average molecular weight is 288 g/mol. The molecule has 0 saturated heterocycles. The lowest BCUT2D eigenvalue weighted by molar-refractivity contribution is -0.147. The summed E-state index contributed by atoms with van der Waals surface area (Å²) in [7, 11) is 0. The van der Waals surface area contributed by atoms with Crippen molar-refractivity contribution in [3.63, 3.8) is 0 Å². The number of aliphatic carboxylic acids is 1. The fourth-order valence-electron chi connectivity index (χ4n) is 1.08. The lowest BCUT2D eigenvalue weighted by Gasteiger charge is -2.24. The van der Waals surface area contributed by atoms with Crippen LogP contribution in [0.3, 0.4) is 0 Å². The van der Waals surface area contributed by atoms with E-state index in [4.69, 9.17) is 10.2 Å². The van der Waals surface area contributed by atoms with Crippen molar-refractivity contribution in [2.45, 2.75) is 45.8 Å². The van der Waals surface area contributed by atoms with Gasteiger partial charge in [0.2, 0.25) is 11.8 Å². The molecule has 1 unspecified atom stereocenters. The van der Waals surface area contributed by atoms with E-state index in [-0.39, 0.29) is 13.0 Å². The van der Waals surface area contributed by atoms with Crippen LogP contribution in [0.2, 0.25) is 0 Å². The lowest BCUT2D eigenvalue weighted by Crippen LogP contribution is -2.54. The first-order valence-corrected chi connectivity index (χ1v) is 6.34. The second-order valence-corrected chi connectivity index (χ2v) is 4.22. The van der Waals surface area contributed by atoms with Crippen molar-refractivity contribution in [1.29, 1.82) is 0 Å². The monoisotopic (exact) mass is 288 g/mol. The molecule has 0 saturated carbocycles. The van der Waals surface area contributed by atoms with E-state index in [2.05, 4.69) is 17.2 Å². The Hall–Kier alpha value is -1.89. The normalized spacial score (nSPS) is 11.4. The zero-order chi connectivity index (χ0) is 16.3. The van der Waals surface area contributed by atoms with E-state index in [0.717, 1.165) is 6.08 Å². The number of carbonyl (C=O) groups excluding carboxylic acids is 2. The second kappa shape index (κ2) is 9.96. The van der Waals surface area contributed by atoms with Crippen LogP contribution in [0.1, 0.15) is 34.1 Å². The summed E-state index contributed by atoms with van der Waals surface area (Å²) in [6.07, 6.45) is -0.577. The minimum absolute atomic E-state index is 0.000308. The van der Waals surface area contributed by atoms with Crippen LogP contribution in [0.25, 0.3) is 0 Å². The van der Waals surface area contributed by atoms with Gasteiger partial charge in [-0.05, 0) is 19.9 Å². The van der Waals surface area contributed by atoms with Crippen molar-refractivity contribution in [2.24, 2.45) is 0 Å². The zero-order valence-corrected chi connectivity index (χ0v) is 12.4. The molecule has 7 heteroatoms. The Bertz CT molecular complexity index is 353. The fourth-order valence-corrected chi connectivity index (χ4v) is 1.08. The summed E-state index contributed by atoms with van der Waals surface area (Å²) < 4.78 is 0. The van der Waals surface area contributed by atoms with Crippen LogP contribution in [0.4, 0.5) is 0 Å². The van der Waals surface area contributed by atoms with Gasteiger partial charge in [0.05, 0.1) is 0 Å². The van der Waals surface area contributed by atoms with Gasteiger partial charge in [0.1, 0.15) is 5.54 Å². The van der Waals surface area contributed by atoms with E-state index < -0.39 is 29.4 Å². The Kier molecular flexibility index (Phi) is 10.2. The third kappa shape index (κ3) is 8.25. The molecule has 0 aromatic carbocycles. The highest BCUT2D eigenvalue weighted by Crippen LogP contribution is 2.02. The number of carboxylic acid groups (broad SMARTS) is 1. The number of rotatable bonds is 7. The van der Waals surface area contributed by atoms with Gasteiger partial charge in [0.25, 0.3) is 0 Å². The average Bonchev–Trinajstić information content (AvgIpc) is 2.39. The molecule has 116 valence electrons. The highest BCUT2D eigenvalue weighted by atomic mass is 16.4. The molecule has 0 fully saturated rings. The number of carboxylic acids is 1. The number of hydrogen-bond acceptors (Lipinski definition) is 4. The van der Waals surface area contributed by atoms with Gasteiger partial charge in [-0.15, -0.1) is 0 Å². The predicted octanol–water partition coefficient (Wildman–Crippen LogP) is 0.0452. The zero-order valence-electron chi connectivity index (χ0n) is 12.4. The molecule has 0 aliphatic carbocycles. The van der Waals surface area contributed by atoms with Crippen LogP contribution >= 0.6 is 0 Å². The van der Waals surface area contributed by atoms with Gasteiger partial charge in [-0.25, -0.2) is 4.79 Å². The summed E-state index contributed by atoms with van der Waals surface area (Å²) in [6, 6.07) is 0. The van der Waals surface area contributed by atoms with Crippen LogP contribution in [-0.4, -0.2) is 46.2 Å². The highest BCUT2D eigenvalue weighted by molar-refractivity contribution is 5.94. The fraction of sp³-hybridized carbons (Fsp3) is 0.615. The molecule has 7 nitrogen and oxygen atoms in total. The quantitative estimate of drug-likeness (QED) is 0.494. The van der Waals surface area contributed by atoms with E-state index in [9.17, 15) is 14.4 Å². The van der Waals surface area contributed by atoms with Gasteiger partial charge in [-0.1, -0.05) is 20.4 Å². The molecule has 4 N–H and O–H groups in total.